The molecule has 1 aromatic carbocycles. The molecular formula is C24H27F6N5O2. The van der Waals surface area contributed by atoms with Crippen molar-refractivity contribution in [3.05, 3.63) is 52.2 Å². The number of anilines is 1. The number of halogens is 6. The van der Waals surface area contributed by atoms with Crippen LogP contribution in [-0.2, 0) is 23.8 Å². The predicted octanol–water partition coefficient (Wildman–Crippen LogP) is 4.09. The van der Waals surface area contributed by atoms with Crippen LogP contribution in [0.2, 0.25) is 0 Å². The van der Waals surface area contributed by atoms with Gasteiger partial charge in [0.1, 0.15) is 18.2 Å². The summed E-state index contributed by atoms with van der Waals surface area (Å²) in [6.45, 7) is 0.154. The number of benzene rings is 1. The summed E-state index contributed by atoms with van der Waals surface area (Å²) in [6, 6.07) is 2.46. The Morgan fingerprint density at radius 1 is 1.19 bits per heavy atom. The second-order valence-corrected chi connectivity index (χ2v) is 9.53. The molecule has 4 rings (SSSR count). The van der Waals surface area contributed by atoms with Crippen LogP contribution < -0.4 is 5.32 Å². The SMILES string of the molecule is C[C@@H](Nc1nc(C(F)(F)CO)nc2c1CN(C(=O)C1(F)CCN(C)CC1)C2)c1cccc(C(F)F)c1F. The Labute approximate surface area is 209 Å². The Morgan fingerprint density at radius 2 is 1.84 bits per heavy atom. The summed E-state index contributed by atoms with van der Waals surface area (Å²) in [7, 11) is 1.81. The number of hydrogen-bond acceptors (Lipinski definition) is 6. The lowest BCUT2D eigenvalue weighted by atomic mass is 9.92. The summed E-state index contributed by atoms with van der Waals surface area (Å²) in [5.74, 6) is -6.99. The molecule has 7 nitrogen and oxygen atoms in total. The van der Waals surface area contributed by atoms with Crippen molar-refractivity contribution in [2.75, 3.05) is 32.1 Å². The maximum atomic E-state index is 15.5. The van der Waals surface area contributed by atoms with E-state index in [0.29, 0.717) is 13.1 Å². The van der Waals surface area contributed by atoms with Gasteiger partial charge in [0, 0.05) is 37.1 Å². The smallest absolute Gasteiger partial charge is 0.329 e. The first kappa shape index (κ1) is 27.1. The molecule has 2 N–H and O–H groups in total. The van der Waals surface area contributed by atoms with E-state index in [1.807, 2.05) is 11.9 Å². The van der Waals surface area contributed by atoms with Crippen LogP contribution in [0.3, 0.4) is 0 Å². The highest BCUT2D eigenvalue weighted by Crippen LogP contribution is 2.37. The number of carbonyl (C=O) groups excluding carboxylic acids is 1. The molecule has 0 bridgehead atoms. The number of aromatic nitrogens is 2. The maximum absolute atomic E-state index is 15.5. The molecular weight excluding hydrogens is 504 g/mol. The fourth-order valence-electron chi connectivity index (χ4n) is 4.58. The van der Waals surface area contributed by atoms with Gasteiger partial charge < -0.3 is 20.2 Å². The van der Waals surface area contributed by atoms with Gasteiger partial charge in [0.25, 0.3) is 12.3 Å². The number of rotatable bonds is 7. The molecule has 1 atom stereocenters. The standard InChI is InChI=1S/C24H27F6N5O2/c1-13(14-4-3-5-15(18(14)25)19(26)27)31-20-16-10-35(22(37)23(28)6-8-34(2)9-7-23)11-17(16)32-21(33-20)24(29,30)12-36/h3-5,13,19,36H,6-12H2,1-2H3,(H,31,32,33)/t13-/m1/s1. The van der Waals surface area contributed by atoms with Crippen LogP contribution in [0.4, 0.5) is 32.2 Å². The van der Waals surface area contributed by atoms with Crippen LogP contribution in [-0.4, -0.2) is 63.2 Å². The molecule has 0 radical (unpaired) electrons. The van der Waals surface area contributed by atoms with Crippen molar-refractivity contribution in [2.45, 2.75) is 56.9 Å². The molecule has 37 heavy (non-hydrogen) atoms. The number of alkyl halides is 5. The zero-order chi connectivity index (χ0) is 27.1. The van der Waals surface area contributed by atoms with Crippen molar-refractivity contribution in [1.82, 2.24) is 19.8 Å². The molecule has 0 saturated carbocycles. The van der Waals surface area contributed by atoms with Gasteiger partial charge in [-0.2, -0.15) is 8.78 Å². The number of amides is 1. The average molecular weight is 532 g/mol. The number of carbonyl (C=O) groups is 1. The summed E-state index contributed by atoms with van der Waals surface area (Å²) < 4.78 is 85.2. The minimum atomic E-state index is -3.83. The molecule has 2 aliphatic rings. The van der Waals surface area contributed by atoms with E-state index in [9.17, 15) is 26.7 Å². The number of nitrogens with zero attached hydrogens (tertiary/aromatic N) is 4. The fourth-order valence-corrected chi connectivity index (χ4v) is 4.58. The lowest BCUT2D eigenvalue weighted by Crippen LogP contribution is -2.50. The Kier molecular flexibility index (Phi) is 7.39. The van der Waals surface area contributed by atoms with Crippen molar-refractivity contribution in [3.8, 4) is 0 Å². The molecule has 2 aliphatic heterocycles. The summed E-state index contributed by atoms with van der Waals surface area (Å²) >= 11 is 0. The normalized spacial score (nSPS) is 18.7. The van der Waals surface area contributed by atoms with E-state index in [2.05, 4.69) is 15.3 Å². The van der Waals surface area contributed by atoms with E-state index >= 15 is 4.39 Å². The van der Waals surface area contributed by atoms with Gasteiger partial charge in [0.2, 0.25) is 5.82 Å². The maximum Gasteiger partial charge on any atom is 0.329 e. The van der Waals surface area contributed by atoms with Gasteiger partial charge in [-0.25, -0.2) is 27.5 Å². The van der Waals surface area contributed by atoms with Gasteiger partial charge in [-0.3, -0.25) is 4.79 Å². The Morgan fingerprint density at radius 3 is 2.46 bits per heavy atom. The van der Waals surface area contributed by atoms with Crippen molar-refractivity contribution >= 4 is 11.7 Å². The molecule has 2 aromatic rings. The molecule has 202 valence electrons. The van der Waals surface area contributed by atoms with Gasteiger partial charge in [-0.05, 0) is 14.0 Å². The number of hydrogen-bond donors (Lipinski definition) is 2. The van der Waals surface area contributed by atoms with Gasteiger partial charge in [-0.1, -0.05) is 18.2 Å². The number of aliphatic hydroxyl groups excluding tert-OH is 1. The highest BCUT2D eigenvalue weighted by atomic mass is 19.3. The van der Waals surface area contributed by atoms with Gasteiger partial charge >= 0.3 is 5.92 Å². The van der Waals surface area contributed by atoms with Crippen LogP contribution in [0.25, 0.3) is 0 Å². The monoisotopic (exact) mass is 531 g/mol. The number of piperidine rings is 1. The highest BCUT2D eigenvalue weighted by Gasteiger charge is 2.46. The third-order valence-electron chi connectivity index (χ3n) is 6.87. The van der Waals surface area contributed by atoms with Crippen LogP contribution >= 0.6 is 0 Å². The lowest BCUT2D eigenvalue weighted by molar-refractivity contribution is -0.147. The number of aliphatic hydroxyl groups is 1. The van der Waals surface area contributed by atoms with Crippen molar-refractivity contribution in [3.63, 3.8) is 0 Å². The molecule has 1 aromatic heterocycles. The zero-order valence-corrected chi connectivity index (χ0v) is 20.2. The van der Waals surface area contributed by atoms with Crippen molar-refractivity contribution in [1.29, 1.82) is 0 Å². The second-order valence-electron chi connectivity index (χ2n) is 9.53. The first-order chi connectivity index (χ1) is 17.4. The van der Waals surface area contributed by atoms with E-state index in [-0.39, 0.29) is 48.6 Å². The number of nitrogens with one attached hydrogen (secondary N) is 1. The molecule has 0 spiro atoms. The minimum Gasteiger partial charge on any atom is -0.390 e. The summed E-state index contributed by atoms with van der Waals surface area (Å²) in [5.41, 5.74) is -2.83. The summed E-state index contributed by atoms with van der Waals surface area (Å²) in [4.78, 5) is 23.8. The fraction of sp³-hybridized carbons (Fsp3) is 0.542. The molecule has 3 heterocycles. The first-order valence-corrected chi connectivity index (χ1v) is 11.7. The third-order valence-corrected chi connectivity index (χ3v) is 6.87. The summed E-state index contributed by atoms with van der Waals surface area (Å²) in [6.07, 6.45) is -3.09. The Hall–Kier alpha value is -2.93. The highest BCUT2D eigenvalue weighted by molar-refractivity contribution is 5.86. The molecule has 0 unspecified atom stereocenters. The third kappa shape index (κ3) is 5.24. The molecule has 0 aliphatic carbocycles. The molecule has 1 saturated heterocycles. The minimum absolute atomic E-state index is 0.0173. The van der Waals surface area contributed by atoms with Crippen LogP contribution in [0.15, 0.2) is 18.2 Å². The van der Waals surface area contributed by atoms with E-state index < -0.39 is 53.8 Å². The van der Waals surface area contributed by atoms with Gasteiger partial charge in [0.15, 0.2) is 5.67 Å². The van der Waals surface area contributed by atoms with Crippen LogP contribution in [0, 0.1) is 5.82 Å². The average Bonchev–Trinajstić information content (AvgIpc) is 3.30. The topological polar surface area (TPSA) is 81.6 Å². The van der Waals surface area contributed by atoms with Gasteiger partial charge in [-0.15, -0.1) is 0 Å². The van der Waals surface area contributed by atoms with Gasteiger partial charge in [0.05, 0.1) is 30.4 Å². The molecule has 1 fully saturated rings. The van der Waals surface area contributed by atoms with E-state index in [1.54, 1.807) is 0 Å². The Bertz CT molecular complexity index is 1170. The van der Waals surface area contributed by atoms with Crippen molar-refractivity contribution in [2.24, 2.45) is 0 Å². The predicted molar refractivity (Wildman–Crippen MR) is 121 cm³/mol. The summed E-state index contributed by atoms with van der Waals surface area (Å²) in [5, 5.41) is 11.9. The zero-order valence-electron chi connectivity index (χ0n) is 20.2. The van der Waals surface area contributed by atoms with Crippen LogP contribution in [0.1, 0.15) is 60.4 Å². The number of likely N-dealkylation sites (tertiary alicyclic amines) is 1. The number of fused-ring (bicyclic) bond motifs is 1. The van der Waals surface area contributed by atoms with Crippen molar-refractivity contribution < 1.29 is 36.2 Å². The van der Waals surface area contributed by atoms with E-state index in [0.717, 1.165) is 6.07 Å². The largest absolute Gasteiger partial charge is 0.390 e. The van der Waals surface area contributed by atoms with E-state index in [4.69, 9.17) is 5.11 Å². The first-order valence-electron chi connectivity index (χ1n) is 11.7. The quantitative estimate of drug-likeness (QED) is 0.524. The lowest BCUT2D eigenvalue weighted by Gasteiger charge is -2.35. The second kappa shape index (κ2) is 10.1. The molecule has 13 heteroatoms. The Balaban J connectivity index is 1.67. The molecule has 1 amide bonds. The van der Waals surface area contributed by atoms with E-state index in [1.165, 1.54) is 24.0 Å². The van der Waals surface area contributed by atoms with Crippen LogP contribution in [0.5, 0.6) is 0 Å².